The van der Waals surface area contributed by atoms with Crippen LogP contribution < -0.4 is 10.2 Å². The fourth-order valence-corrected chi connectivity index (χ4v) is 4.34. The summed E-state index contributed by atoms with van der Waals surface area (Å²) < 4.78 is 39.4. The van der Waals surface area contributed by atoms with Gasteiger partial charge in [0.25, 0.3) is 0 Å². The Morgan fingerprint density at radius 1 is 1.03 bits per heavy atom. The Morgan fingerprint density at radius 3 is 2.48 bits per heavy atom. The average molecular weight is 414 g/mol. The summed E-state index contributed by atoms with van der Waals surface area (Å²) in [6.45, 7) is 1.57. The molecule has 4 rings (SSSR count). The Morgan fingerprint density at radius 2 is 1.72 bits per heavy atom. The van der Waals surface area contributed by atoms with Crippen molar-refractivity contribution in [2.45, 2.75) is 18.0 Å². The lowest BCUT2D eigenvalue weighted by atomic mass is 10.2. The molecule has 1 aromatic heterocycles. The van der Waals surface area contributed by atoms with Crippen LogP contribution in [-0.4, -0.2) is 43.1 Å². The van der Waals surface area contributed by atoms with E-state index in [1.54, 1.807) is 18.2 Å². The first-order valence-corrected chi connectivity index (χ1v) is 10.9. The summed E-state index contributed by atoms with van der Waals surface area (Å²) in [4.78, 5) is 22.7. The molecule has 1 amide bonds. The van der Waals surface area contributed by atoms with E-state index < -0.39 is 32.5 Å². The number of amides is 1. The fourth-order valence-electron chi connectivity index (χ4n) is 3.33. The van der Waals surface area contributed by atoms with Crippen molar-refractivity contribution < 1.29 is 17.6 Å². The van der Waals surface area contributed by atoms with Gasteiger partial charge in [0, 0.05) is 18.5 Å². The Balaban J connectivity index is 1.65. The van der Waals surface area contributed by atoms with E-state index in [9.17, 15) is 17.6 Å². The standard InChI is InChI=1S/C20H19FN4O3S/c21-15-8-2-4-10-17(15)22-18(26)13-29(27,28)20-23-16-9-3-1-7-14(16)19(24-20)25-11-5-6-12-25/h1-4,7-10H,5-6,11-13H2,(H,22,26). The van der Waals surface area contributed by atoms with E-state index in [1.165, 1.54) is 18.2 Å². The summed E-state index contributed by atoms with van der Waals surface area (Å²) in [6, 6.07) is 12.7. The average Bonchev–Trinajstić information content (AvgIpc) is 3.23. The number of benzene rings is 2. The maximum absolute atomic E-state index is 13.7. The zero-order chi connectivity index (χ0) is 20.4. The van der Waals surface area contributed by atoms with Crippen molar-refractivity contribution in [1.82, 2.24) is 9.97 Å². The molecule has 29 heavy (non-hydrogen) atoms. The highest BCUT2D eigenvalue weighted by atomic mass is 32.2. The van der Waals surface area contributed by atoms with Gasteiger partial charge in [-0.2, -0.15) is 0 Å². The summed E-state index contributed by atoms with van der Waals surface area (Å²) in [5, 5.41) is 2.65. The van der Waals surface area contributed by atoms with Gasteiger partial charge in [-0.1, -0.05) is 24.3 Å². The Bertz CT molecular complexity index is 1180. The van der Waals surface area contributed by atoms with E-state index in [1.807, 2.05) is 17.0 Å². The van der Waals surface area contributed by atoms with Crippen molar-refractivity contribution in [1.29, 1.82) is 0 Å². The van der Waals surface area contributed by atoms with Crippen LogP contribution in [0.1, 0.15) is 12.8 Å². The minimum atomic E-state index is -4.12. The molecule has 0 unspecified atom stereocenters. The Labute approximate surface area is 167 Å². The molecule has 1 aliphatic heterocycles. The number of hydrogen-bond donors (Lipinski definition) is 1. The third-order valence-corrected chi connectivity index (χ3v) is 6.10. The molecule has 1 N–H and O–H groups in total. The molecule has 0 radical (unpaired) electrons. The van der Waals surface area contributed by atoms with E-state index in [0.717, 1.165) is 31.3 Å². The van der Waals surface area contributed by atoms with Crippen molar-refractivity contribution in [3.63, 3.8) is 0 Å². The van der Waals surface area contributed by atoms with Gasteiger partial charge in [-0.3, -0.25) is 4.79 Å². The third kappa shape index (κ3) is 4.04. The third-order valence-electron chi connectivity index (χ3n) is 4.72. The van der Waals surface area contributed by atoms with Crippen LogP contribution >= 0.6 is 0 Å². The zero-order valence-corrected chi connectivity index (χ0v) is 16.3. The Kier molecular flexibility index (Phi) is 5.14. The first-order valence-electron chi connectivity index (χ1n) is 9.23. The molecule has 3 aromatic rings. The van der Waals surface area contributed by atoms with Gasteiger partial charge >= 0.3 is 0 Å². The molecular formula is C20H19FN4O3S. The van der Waals surface area contributed by atoms with E-state index >= 15 is 0 Å². The second-order valence-electron chi connectivity index (χ2n) is 6.83. The molecule has 2 heterocycles. The van der Waals surface area contributed by atoms with Crippen LogP contribution in [0.4, 0.5) is 15.9 Å². The second-order valence-corrected chi connectivity index (χ2v) is 8.71. The number of aromatic nitrogens is 2. The summed E-state index contributed by atoms with van der Waals surface area (Å²) in [5.74, 6) is -1.81. The quantitative estimate of drug-likeness (QED) is 0.646. The number of carbonyl (C=O) groups excluding carboxylic acids is 1. The maximum Gasteiger partial charge on any atom is 0.250 e. The highest BCUT2D eigenvalue weighted by Crippen LogP contribution is 2.28. The minimum Gasteiger partial charge on any atom is -0.356 e. The van der Waals surface area contributed by atoms with Crippen LogP contribution in [0.25, 0.3) is 10.9 Å². The summed E-state index contributed by atoms with van der Waals surface area (Å²) in [7, 11) is -4.12. The number of nitrogens with one attached hydrogen (secondary N) is 1. The van der Waals surface area contributed by atoms with Gasteiger partial charge < -0.3 is 10.2 Å². The zero-order valence-electron chi connectivity index (χ0n) is 15.5. The van der Waals surface area contributed by atoms with Crippen LogP contribution in [0.5, 0.6) is 0 Å². The number of fused-ring (bicyclic) bond motifs is 1. The van der Waals surface area contributed by atoms with Crippen LogP contribution in [0, 0.1) is 5.82 Å². The lowest BCUT2D eigenvalue weighted by Gasteiger charge is -2.19. The monoisotopic (exact) mass is 414 g/mol. The molecule has 150 valence electrons. The van der Waals surface area contributed by atoms with E-state index in [2.05, 4.69) is 15.3 Å². The molecule has 7 nitrogen and oxygen atoms in total. The van der Waals surface area contributed by atoms with Gasteiger partial charge in [-0.25, -0.2) is 22.8 Å². The van der Waals surface area contributed by atoms with Crippen LogP contribution in [0.2, 0.25) is 0 Å². The summed E-state index contributed by atoms with van der Waals surface area (Å²) in [5.41, 5.74) is 0.419. The highest BCUT2D eigenvalue weighted by molar-refractivity contribution is 7.92. The number of rotatable bonds is 5. The van der Waals surface area contributed by atoms with E-state index in [4.69, 9.17) is 0 Å². The van der Waals surface area contributed by atoms with Crippen LogP contribution in [0.3, 0.4) is 0 Å². The molecule has 0 atom stereocenters. The van der Waals surface area contributed by atoms with Gasteiger partial charge in [0.1, 0.15) is 17.4 Å². The highest BCUT2D eigenvalue weighted by Gasteiger charge is 2.26. The number of carbonyl (C=O) groups is 1. The van der Waals surface area contributed by atoms with Crippen molar-refractivity contribution in [3.8, 4) is 0 Å². The fraction of sp³-hybridized carbons (Fsp3) is 0.250. The molecule has 1 aliphatic rings. The predicted octanol–water partition coefficient (Wildman–Crippen LogP) is 2.78. The first kappa shape index (κ1) is 19.3. The predicted molar refractivity (Wildman–Crippen MR) is 108 cm³/mol. The lowest BCUT2D eigenvalue weighted by Crippen LogP contribution is -2.26. The van der Waals surface area contributed by atoms with Crippen molar-refractivity contribution in [2.24, 2.45) is 0 Å². The van der Waals surface area contributed by atoms with Gasteiger partial charge in [0.05, 0.1) is 11.2 Å². The largest absolute Gasteiger partial charge is 0.356 e. The van der Waals surface area contributed by atoms with E-state index in [0.29, 0.717) is 11.3 Å². The normalized spacial score (nSPS) is 14.3. The summed E-state index contributed by atoms with van der Waals surface area (Å²) >= 11 is 0. The Hall–Kier alpha value is -3.07. The number of sulfone groups is 1. The number of anilines is 2. The first-order chi connectivity index (χ1) is 13.9. The lowest BCUT2D eigenvalue weighted by molar-refractivity contribution is -0.113. The molecule has 0 aliphatic carbocycles. The molecule has 9 heteroatoms. The maximum atomic E-state index is 13.7. The van der Waals surface area contributed by atoms with Crippen LogP contribution in [-0.2, 0) is 14.6 Å². The number of halogens is 1. The molecule has 0 saturated carbocycles. The van der Waals surface area contributed by atoms with Gasteiger partial charge in [-0.15, -0.1) is 0 Å². The van der Waals surface area contributed by atoms with Crippen molar-refractivity contribution in [2.75, 3.05) is 29.1 Å². The number of hydrogen-bond acceptors (Lipinski definition) is 6. The second kappa shape index (κ2) is 7.75. The van der Waals surface area contributed by atoms with E-state index in [-0.39, 0.29) is 5.69 Å². The number of nitrogens with zero attached hydrogens (tertiary/aromatic N) is 3. The van der Waals surface area contributed by atoms with Gasteiger partial charge in [0.2, 0.25) is 20.9 Å². The smallest absolute Gasteiger partial charge is 0.250 e. The molecular weight excluding hydrogens is 395 g/mol. The van der Waals surface area contributed by atoms with Gasteiger partial charge in [-0.05, 0) is 37.1 Å². The van der Waals surface area contributed by atoms with Gasteiger partial charge in [0.15, 0.2) is 0 Å². The molecule has 0 spiro atoms. The van der Waals surface area contributed by atoms with Crippen molar-refractivity contribution in [3.05, 3.63) is 54.3 Å². The molecule has 0 bridgehead atoms. The SMILES string of the molecule is O=C(CS(=O)(=O)c1nc(N2CCCC2)c2ccccc2n1)Nc1ccccc1F. The number of para-hydroxylation sites is 2. The van der Waals surface area contributed by atoms with Crippen LogP contribution in [0.15, 0.2) is 53.7 Å². The minimum absolute atomic E-state index is 0.0788. The topological polar surface area (TPSA) is 92.3 Å². The van der Waals surface area contributed by atoms with Crippen molar-refractivity contribution >= 4 is 38.2 Å². The summed E-state index contributed by atoms with van der Waals surface area (Å²) in [6.07, 6.45) is 2.01. The molecule has 1 saturated heterocycles. The molecule has 1 fully saturated rings. The molecule has 2 aromatic carbocycles.